The van der Waals surface area contributed by atoms with Crippen molar-refractivity contribution >= 4 is 5.84 Å². The molecule has 0 aliphatic heterocycles. The van der Waals surface area contributed by atoms with Crippen molar-refractivity contribution in [1.29, 1.82) is 5.26 Å². The van der Waals surface area contributed by atoms with Gasteiger partial charge in [-0.25, -0.2) is 10.9 Å². The summed E-state index contributed by atoms with van der Waals surface area (Å²) >= 11 is 0. The van der Waals surface area contributed by atoms with E-state index in [1.165, 1.54) is 23.8 Å². The van der Waals surface area contributed by atoms with Crippen LogP contribution in [0.25, 0.3) is 0 Å². The molecule has 0 aliphatic carbocycles. The summed E-state index contributed by atoms with van der Waals surface area (Å²) in [4.78, 5) is 10.1. The first-order valence-corrected chi connectivity index (χ1v) is 12.1. The third-order valence-electron chi connectivity index (χ3n) is 4.66. The van der Waals surface area contributed by atoms with Crippen molar-refractivity contribution in [1.82, 2.24) is 16.6 Å². The van der Waals surface area contributed by atoms with Crippen LogP contribution in [-0.2, 0) is 24.3 Å². The van der Waals surface area contributed by atoms with Gasteiger partial charge in [-0.15, -0.1) is 4.48 Å². The molecule has 2 aromatic rings. The molecule has 0 heterocycles. The molecule has 7 nitrogen and oxygen atoms in total. The number of hydrogen-bond acceptors (Lipinski definition) is 6. The SMILES string of the molecule is CC.CCCc1c(CC)cccc1C(=NC)NOCc1ccc(OC(C)C)c(C#N)c1.CNNF. The second kappa shape index (κ2) is 19.3. The largest absolute Gasteiger partial charge is 0.490 e. The number of aliphatic imine (C=N–C) groups is 1. The summed E-state index contributed by atoms with van der Waals surface area (Å²) in [5.74, 6) is 1.31. The van der Waals surface area contributed by atoms with Gasteiger partial charge in [0.1, 0.15) is 11.8 Å². The van der Waals surface area contributed by atoms with Crippen molar-refractivity contribution in [2.24, 2.45) is 4.99 Å². The lowest BCUT2D eigenvalue weighted by atomic mass is 9.95. The number of nitrogens with one attached hydrogen (secondary N) is 3. The van der Waals surface area contributed by atoms with Crippen LogP contribution in [0.4, 0.5) is 4.48 Å². The van der Waals surface area contributed by atoms with E-state index < -0.39 is 0 Å². The van der Waals surface area contributed by atoms with E-state index in [0.29, 0.717) is 23.8 Å². The standard InChI is InChI=1S/C24H31N3O2.C2H6.CH5FN2/c1-6-9-21-19(7-2)10-8-11-22(21)24(26-5)27-28-16-18-12-13-23(29-17(3)4)20(14-18)15-25;1-2;1-3-4-2/h8,10-14,17H,6-7,9,16H2,1-5H3,(H,26,27);1-2H3;3-4H,1H3. The van der Waals surface area contributed by atoms with Crippen LogP contribution in [0.15, 0.2) is 41.4 Å². The Morgan fingerprint density at radius 3 is 2.37 bits per heavy atom. The molecule has 0 radical (unpaired) electrons. The van der Waals surface area contributed by atoms with E-state index in [4.69, 9.17) is 9.57 Å². The summed E-state index contributed by atoms with van der Waals surface area (Å²) in [6.45, 7) is 12.5. The highest BCUT2D eigenvalue weighted by Gasteiger charge is 2.12. The highest BCUT2D eigenvalue weighted by atomic mass is 19.2. The molecular formula is C27H42FN5O2. The van der Waals surface area contributed by atoms with Gasteiger partial charge in [-0.1, -0.05) is 64.0 Å². The van der Waals surface area contributed by atoms with Gasteiger partial charge in [0.15, 0.2) is 5.84 Å². The Bertz CT molecular complexity index is 924. The number of hydrazine groups is 1. The highest BCUT2D eigenvalue weighted by molar-refractivity contribution is 5.99. The Hall–Kier alpha value is -2.99. The van der Waals surface area contributed by atoms with Gasteiger partial charge in [-0.3, -0.25) is 9.83 Å². The molecule has 0 unspecified atom stereocenters. The molecule has 2 aromatic carbocycles. The maximum absolute atomic E-state index is 10.4. The van der Waals surface area contributed by atoms with Crippen molar-refractivity contribution in [2.75, 3.05) is 14.1 Å². The fourth-order valence-electron chi connectivity index (χ4n) is 3.25. The first kappa shape index (κ1) is 32.0. The van der Waals surface area contributed by atoms with Gasteiger partial charge in [0.05, 0.1) is 18.3 Å². The van der Waals surface area contributed by atoms with Crippen LogP contribution >= 0.6 is 0 Å². The third kappa shape index (κ3) is 11.3. The quantitative estimate of drug-likeness (QED) is 0.175. The Balaban J connectivity index is 0.00000174. The molecule has 8 heteroatoms. The van der Waals surface area contributed by atoms with Gasteiger partial charge in [0.25, 0.3) is 0 Å². The van der Waals surface area contributed by atoms with Crippen LogP contribution in [0.5, 0.6) is 5.75 Å². The molecule has 0 spiro atoms. The van der Waals surface area contributed by atoms with Crippen molar-refractivity contribution < 1.29 is 14.1 Å². The molecule has 0 aliphatic rings. The van der Waals surface area contributed by atoms with Gasteiger partial charge >= 0.3 is 0 Å². The number of halogens is 1. The molecule has 3 N–H and O–H groups in total. The average Bonchev–Trinajstić information content (AvgIpc) is 2.89. The molecule has 0 saturated heterocycles. The van der Waals surface area contributed by atoms with Crippen molar-refractivity contribution in [2.45, 2.75) is 73.5 Å². The first-order chi connectivity index (χ1) is 16.9. The lowest BCUT2D eigenvalue weighted by Crippen LogP contribution is -2.26. The fourth-order valence-corrected chi connectivity index (χ4v) is 3.25. The predicted octanol–water partition coefficient (Wildman–Crippen LogP) is 5.58. The third-order valence-corrected chi connectivity index (χ3v) is 4.66. The molecule has 0 amide bonds. The number of rotatable bonds is 10. The molecule has 0 fully saturated rings. The predicted molar refractivity (Wildman–Crippen MR) is 142 cm³/mol. The molecule has 0 bridgehead atoms. The number of benzene rings is 2. The summed E-state index contributed by atoms with van der Waals surface area (Å²) < 4.78 is 16.0. The Labute approximate surface area is 210 Å². The second-order valence-electron chi connectivity index (χ2n) is 7.46. The summed E-state index contributed by atoms with van der Waals surface area (Å²) in [7, 11) is 3.20. The number of ether oxygens (including phenoxy) is 1. The van der Waals surface area contributed by atoms with E-state index in [2.05, 4.69) is 48.6 Å². The van der Waals surface area contributed by atoms with E-state index in [-0.39, 0.29) is 6.10 Å². The van der Waals surface area contributed by atoms with Crippen LogP contribution in [-0.4, -0.2) is 26.0 Å². The number of aryl methyl sites for hydroxylation is 1. The van der Waals surface area contributed by atoms with E-state index in [0.717, 1.165) is 30.4 Å². The Morgan fingerprint density at radius 2 is 1.86 bits per heavy atom. The van der Waals surface area contributed by atoms with Gasteiger partial charge < -0.3 is 4.74 Å². The van der Waals surface area contributed by atoms with Crippen LogP contribution < -0.4 is 21.3 Å². The van der Waals surface area contributed by atoms with Crippen molar-refractivity contribution in [3.8, 4) is 11.8 Å². The van der Waals surface area contributed by atoms with Gasteiger partial charge in [0, 0.05) is 19.7 Å². The molecule has 35 heavy (non-hydrogen) atoms. The van der Waals surface area contributed by atoms with Crippen LogP contribution in [0, 0.1) is 11.3 Å². The zero-order valence-corrected chi connectivity index (χ0v) is 22.5. The maximum atomic E-state index is 10.4. The minimum Gasteiger partial charge on any atom is -0.490 e. The lowest BCUT2D eigenvalue weighted by molar-refractivity contribution is 0.0714. The monoisotopic (exact) mass is 487 g/mol. The second-order valence-corrected chi connectivity index (χ2v) is 7.46. The van der Waals surface area contributed by atoms with Gasteiger partial charge in [-0.05, 0) is 55.5 Å². The van der Waals surface area contributed by atoms with Crippen LogP contribution in [0.2, 0.25) is 0 Å². The molecule has 0 atom stereocenters. The summed E-state index contributed by atoms with van der Waals surface area (Å²) in [6.07, 6.45) is 3.08. The fraction of sp³-hybridized carbons (Fsp3) is 0.481. The topological polar surface area (TPSA) is 90.7 Å². The van der Waals surface area contributed by atoms with E-state index in [9.17, 15) is 9.74 Å². The highest BCUT2D eigenvalue weighted by Crippen LogP contribution is 2.21. The van der Waals surface area contributed by atoms with Crippen molar-refractivity contribution in [3.05, 3.63) is 64.2 Å². The first-order valence-electron chi connectivity index (χ1n) is 12.1. The minimum absolute atomic E-state index is 0.0189. The lowest BCUT2D eigenvalue weighted by Gasteiger charge is -2.17. The number of nitriles is 1. The summed E-state index contributed by atoms with van der Waals surface area (Å²) in [5.41, 5.74) is 11.3. The van der Waals surface area contributed by atoms with Gasteiger partial charge in [0.2, 0.25) is 0 Å². The number of amidine groups is 1. The molecule has 194 valence electrons. The zero-order chi connectivity index (χ0) is 26.6. The summed E-state index contributed by atoms with van der Waals surface area (Å²) in [6, 6.07) is 14.0. The molecule has 2 rings (SSSR count). The Morgan fingerprint density at radius 1 is 1.17 bits per heavy atom. The normalized spacial score (nSPS) is 10.5. The Kier molecular flexibility index (Phi) is 17.7. The van der Waals surface area contributed by atoms with Crippen LogP contribution in [0.1, 0.15) is 75.8 Å². The number of hydrogen-bond donors (Lipinski definition) is 3. The molecule has 0 aromatic heterocycles. The maximum Gasteiger partial charge on any atom is 0.152 e. The molecular weight excluding hydrogens is 445 g/mol. The van der Waals surface area contributed by atoms with E-state index >= 15 is 0 Å². The average molecular weight is 488 g/mol. The van der Waals surface area contributed by atoms with Crippen molar-refractivity contribution in [3.63, 3.8) is 0 Å². The van der Waals surface area contributed by atoms with Crippen LogP contribution in [0.3, 0.4) is 0 Å². The minimum atomic E-state index is 0.0189. The van der Waals surface area contributed by atoms with Gasteiger partial charge in [-0.2, -0.15) is 5.26 Å². The molecule has 0 saturated carbocycles. The smallest absolute Gasteiger partial charge is 0.152 e. The summed E-state index contributed by atoms with van der Waals surface area (Å²) in [5, 5.41) is 9.38. The van der Waals surface area contributed by atoms with E-state index in [1.54, 1.807) is 13.1 Å². The number of hydroxylamine groups is 1. The zero-order valence-electron chi connectivity index (χ0n) is 22.5. The van der Waals surface area contributed by atoms with E-state index in [1.807, 2.05) is 45.3 Å². The number of nitrogens with zero attached hydrogens (tertiary/aromatic N) is 2.